The standard InChI is InChI=1S/C15H21N5/c16-15(20-12-4-1-2-5-12)18-9-7-11-10-19-14-13(11)6-3-8-17-14/h3,6,8,10,12H,1-2,4-5,7,9H2,(H,17,19)(H3,16,18,20). The van der Waals surface area contributed by atoms with Gasteiger partial charge in [-0.05, 0) is 37.0 Å². The van der Waals surface area contributed by atoms with Crippen molar-refractivity contribution in [2.24, 2.45) is 10.7 Å². The fraction of sp³-hybridized carbons (Fsp3) is 0.467. The van der Waals surface area contributed by atoms with Crippen LogP contribution in [0.25, 0.3) is 11.0 Å². The molecule has 0 aromatic carbocycles. The Morgan fingerprint density at radius 2 is 2.30 bits per heavy atom. The fourth-order valence-electron chi connectivity index (χ4n) is 2.84. The first-order chi connectivity index (χ1) is 9.83. The lowest BCUT2D eigenvalue weighted by Crippen LogP contribution is -2.38. The number of rotatable bonds is 4. The van der Waals surface area contributed by atoms with E-state index in [4.69, 9.17) is 5.73 Å². The van der Waals surface area contributed by atoms with Crippen LogP contribution in [-0.4, -0.2) is 28.5 Å². The second-order valence-electron chi connectivity index (χ2n) is 5.36. The van der Waals surface area contributed by atoms with E-state index >= 15 is 0 Å². The zero-order valence-electron chi connectivity index (χ0n) is 11.6. The van der Waals surface area contributed by atoms with Crippen LogP contribution in [0.2, 0.25) is 0 Å². The van der Waals surface area contributed by atoms with Gasteiger partial charge in [0.15, 0.2) is 5.96 Å². The van der Waals surface area contributed by atoms with Gasteiger partial charge in [-0.25, -0.2) is 4.98 Å². The number of nitrogens with one attached hydrogen (secondary N) is 2. The number of guanidine groups is 1. The predicted molar refractivity (Wildman–Crippen MR) is 81.7 cm³/mol. The van der Waals surface area contributed by atoms with Crippen molar-refractivity contribution in [1.29, 1.82) is 0 Å². The van der Waals surface area contributed by atoms with E-state index in [2.05, 4.69) is 26.3 Å². The number of aliphatic imine (C=N–C) groups is 1. The minimum Gasteiger partial charge on any atom is -0.370 e. The summed E-state index contributed by atoms with van der Waals surface area (Å²) in [5.74, 6) is 0.579. The molecule has 1 aliphatic carbocycles. The van der Waals surface area contributed by atoms with Gasteiger partial charge in [-0.1, -0.05) is 12.8 Å². The number of aromatic nitrogens is 2. The van der Waals surface area contributed by atoms with Crippen LogP contribution in [-0.2, 0) is 6.42 Å². The molecular weight excluding hydrogens is 250 g/mol. The lowest BCUT2D eigenvalue weighted by atomic mass is 10.1. The molecule has 4 N–H and O–H groups in total. The summed E-state index contributed by atoms with van der Waals surface area (Å²) in [6.45, 7) is 0.702. The Bertz CT molecular complexity index is 595. The molecule has 0 saturated heterocycles. The monoisotopic (exact) mass is 271 g/mol. The molecule has 0 unspecified atom stereocenters. The summed E-state index contributed by atoms with van der Waals surface area (Å²) in [5, 5.41) is 4.48. The fourth-order valence-corrected chi connectivity index (χ4v) is 2.84. The normalized spacial score (nSPS) is 16.9. The second-order valence-corrected chi connectivity index (χ2v) is 5.36. The SMILES string of the molecule is NC(=NCCc1c[nH]c2ncccc12)NC1CCCC1. The number of fused-ring (bicyclic) bond motifs is 1. The van der Waals surface area contributed by atoms with Crippen LogP contribution in [0, 0.1) is 0 Å². The minimum atomic E-state index is 0.524. The molecule has 0 aliphatic heterocycles. The maximum atomic E-state index is 5.92. The van der Waals surface area contributed by atoms with E-state index in [9.17, 15) is 0 Å². The van der Waals surface area contributed by atoms with Crippen molar-refractivity contribution in [1.82, 2.24) is 15.3 Å². The van der Waals surface area contributed by atoms with Crippen molar-refractivity contribution in [3.8, 4) is 0 Å². The van der Waals surface area contributed by atoms with Gasteiger partial charge in [0.25, 0.3) is 0 Å². The van der Waals surface area contributed by atoms with Gasteiger partial charge in [-0.2, -0.15) is 0 Å². The van der Waals surface area contributed by atoms with E-state index in [1.165, 1.54) is 36.6 Å². The predicted octanol–water partition coefficient (Wildman–Crippen LogP) is 1.95. The molecule has 0 radical (unpaired) electrons. The Morgan fingerprint density at radius 1 is 1.45 bits per heavy atom. The Balaban J connectivity index is 1.56. The average molecular weight is 271 g/mol. The maximum absolute atomic E-state index is 5.92. The lowest BCUT2D eigenvalue weighted by molar-refractivity contribution is 0.625. The first-order valence-corrected chi connectivity index (χ1v) is 7.30. The zero-order chi connectivity index (χ0) is 13.8. The van der Waals surface area contributed by atoms with Crippen LogP contribution < -0.4 is 11.1 Å². The summed E-state index contributed by atoms with van der Waals surface area (Å²) < 4.78 is 0. The van der Waals surface area contributed by atoms with Gasteiger partial charge in [-0.3, -0.25) is 4.99 Å². The zero-order valence-corrected chi connectivity index (χ0v) is 11.6. The smallest absolute Gasteiger partial charge is 0.188 e. The Labute approximate surface area is 118 Å². The summed E-state index contributed by atoms with van der Waals surface area (Å²) in [5.41, 5.74) is 8.10. The molecule has 5 nitrogen and oxygen atoms in total. The maximum Gasteiger partial charge on any atom is 0.188 e. The van der Waals surface area contributed by atoms with Crippen molar-refractivity contribution in [3.63, 3.8) is 0 Å². The van der Waals surface area contributed by atoms with Crippen molar-refractivity contribution in [2.45, 2.75) is 38.1 Å². The van der Waals surface area contributed by atoms with Crippen molar-refractivity contribution in [3.05, 3.63) is 30.1 Å². The number of hydrogen-bond acceptors (Lipinski definition) is 2. The highest BCUT2D eigenvalue weighted by molar-refractivity contribution is 5.80. The molecule has 5 heteroatoms. The van der Waals surface area contributed by atoms with E-state index in [1.54, 1.807) is 6.20 Å². The van der Waals surface area contributed by atoms with E-state index in [-0.39, 0.29) is 0 Å². The van der Waals surface area contributed by atoms with Crippen LogP contribution in [0.15, 0.2) is 29.5 Å². The highest BCUT2D eigenvalue weighted by Gasteiger charge is 2.14. The molecule has 0 atom stereocenters. The molecule has 1 aliphatic rings. The molecule has 2 aromatic heterocycles. The summed E-state index contributed by atoms with van der Waals surface area (Å²) in [6, 6.07) is 4.56. The van der Waals surface area contributed by atoms with E-state index in [0.717, 1.165) is 12.1 Å². The summed E-state index contributed by atoms with van der Waals surface area (Å²) in [7, 11) is 0. The summed E-state index contributed by atoms with van der Waals surface area (Å²) in [4.78, 5) is 11.9. The molecule has 3 rings (SSSR count). The molecule has 2 heterocycles. The second kappa shape index (κ2) is 5.94. The third-order valence-electron chi connectivity index (χ3n) is 3.91. The van der Waals surface area contributed by atoms with Gasteiger partial charge in [0, 0.05) is 30.4 Å². The van der Waals surface area contributed by atoms with Crippen LogP contribution in [0.3, 0.4) is 0 Å². The van der Waals surface area contributed by atoms with E-state index < -0.39 is 0 Å². The topological polar surface area (TPSA) is 79.1 Å². The molecule has 106 valence electrons. The number of aromatic amines is 1. The van der Waals surface area contributed by atoms with Crippen LogP contribution in [0.4, 0.5) is 0 Å². The van der Waals surface area contributed by atoms with Crippen molar-refractivity contribution in [2.75, 3.05) is 6.54 Å². The minimum absolute atomic E-state index is 0.524. The Kier molecular flexibility index (Phi) is 3.85. The van der Waals surface area contributed by atoms with Crippen molar-refractivity contribution >= 4 is 17.0 Å². The average Bonchev–Trinajstić information content (AvgIpc) is 3.09. The molecule has 1 saturated carbocycles. The lowest BCUT2D eigenvalue weighted by Gasteiger charge is -2.12. The van der Waals surface area contributed by atoms with Crippen LogP contribution in [0.1, 0.15) is 31.2 Å². The number of hydrogen-bond donors (Lipinski definition) is 3. The molecule has 20 heavy (non-hydrogen) atoms. The quantitative estimate of drug-likeness (QED) is 0.587. The van der Waals surface area contributed by atoms with E-state index in [1.807, 2.05) is 12.3 Å². The molecule has 0 bridgehead atoms. The summed E-state index contributed by atoms with van der Waals surface area (Å²) in [6.07, 6.45) is 9.70. The highest BCUT2D eigenvalue weighted by atomic mass is 15.1. The Hall–Kier alpha value is -2.04. The summed E-state index contributed by atoms with van der Waals surface area (Å²) >= 11 is 0. The number of nitrogens with zero attached hydrogens (tertiary/aromatic N) is 2. The number of pyridine rings is 1. The van der Waals surface area contributed by atoms with Gasteiger partial charge < -0.3 is 16.0 Å². The van der Waals surface area contributed by atoms with Crippen LogP contribution in [0.5, 0.6) is 0 Å². The first-order valence-electron chi connectivity index (χ1n) is 7.30. The molecule has 2 aromatic rings. The van der Waals surface area contributed by atoms with Gasteiger partial charge in [0.1, 0.15) is 5.65 Å². The highest BCUT2D eigenvalue weighted by Crippen LogP contribution is 2.17. The molecule has 0 amide bonds. The molecular formula is C15H21N5. The van der Waals surface area contributed by atoms with Crippen molar-refractivity contribution < 1.29 is 0 Å². The third kappa shape index (κ3) is 2.92. The van der Waals surface area contributed by atoms with Gasteiger partial charge in [0.2, 0.25) is 0 Å². The number of nitrogens with two attached hydrogens (primary N) is 1. The first kappa shape index (κ1) is 13.0. The number of H-pyrrole nitrogens is 1. The van der Waals surface area contributed by atoms with Gasteiger partial charge in [-0.15, -0.1) is 0 Å². The van der Waals surface area contributed by atoms with Gasteiger partial charge >= 0.3 is 0 Å². The largest absolute Gasteiger partial charge is 0.370 e. The van der Waals surface area contributed by atoms with Crippen LogP contribution >= 0.6 is 0 Å². The molecule has 0 spiro atoms. The molecule has 1 fully saturated rings. The van der Waals surface area contributed by atoms with Gasteiger partial charge in [0.05, 0.1) is 0 Å². The Morgan fingerprint density at radius 3 is 3.15 bits per heavy atom. The third-order valence-corrected chi connectivity index (χ3v) is 3.91. The van der Waals surface area contributed by atoms with E-state index in [0.29, 0.717) is 18.5 Å².